The van der Waals surface area contributed by atoms with Gasteiger partial charge in [-0.3, -0.25) is 0 Å². The summed E-state index contributed by atoms with van der Waals surface area (Å²) in [5, 5.41) is 13.2. The minimum absolute atomic E-state index is 0.296. The molecule has 1 heterocycles. The Bertz CT molecular complexity index is 334. The molecule has 1 aromatic heterocycles. The summed E-state index contributed by atoms with van der Waals surface area (Å²) in [6, 6.07) is 0. The summed E-state index contributed by atoms with van der Waals surface area (Å²) >= 11 is 5.82. The van der Waals surface area contributed by atoms with Gasteiger partial charge in [0.05, 0.1) is 5.60 Å². The molecule has 5 nitrogen and oxygen atoms in total. The van der Waals surface area contributed by atoms with Gasteiger partial charge in [-0.2, -0.15) is 0 Å². The standard InChI is InChI=1S/C10H16ClN3O2/c1-10(15,3-6-16-2)7-14-9-8(11)12-4-5-13-9/h4-5,15H,3,6-7H2,1-2H3,(H,13,14). The summed E-state index contributed by atoms with van der Waals surface area (Å²) in [6.07, 6.45) is 3.59. The third kappa shape index (κ3) is 4.30. The lowest BCUT2D eigenvalue weighted by molar-refractivity contribution is 0.0357. The highest BCUT2D eigenvalue weighted by Gasteiger charge is 2.20. The molecule has 6 heteroatoms. The Kier molecular flexibility index (Phi) is 4.92. The fourth-order valence-electron chi connectivity index (χ4n) is 1.12. The van der Waals surface area contributed by atoms with Gasteiger partial charge in [-0.05, 0) is 6.92 Å². The normalized spacial score (nSPS) is 14.5. The lowest BCUT2D eigenvalue weighted by Gasteiger charge is -2.23. The number of hydrogen-bond donors (Lipinski definition) is 2. The van der Waals surface area contributed by atoms with E-state index in [1.54, 1.807) is 14.0 Å². The molecule has 0 aliphatic rings. The minimum Gasteiger partial charge on any atom is -0.388 e. The van der Waals surface area contributed by atoms with E-state index < -0.39 is 5.60 Å². The Balaban J connectivity index is 2.47. The number of aromatic nitrogens is 2. The summed E-state index contributed by atoms with van der Waals surface area (Å²) in [5.41, 5.74) is -0.864. The molecular formula is C10H16ClN3O2. The molecule has 16 heavy (non-hydrogen) atoms. The van der Waals surface area contributed by atoms with Gasteiger partial charge in [0.1, 0.15) is 0 Å². The number of halogens is 1. The molecule has 1 rings (SSSR count). The molecule has 0 amide bonds. The highest BCUT2D eigenvalue weighted by molar-refractivity contribution is 6.31. The Morgan fingerprint density at radius 1 is 1.50 bits per heavy atom. The predicted octanol–water partition coefficient (Wildman–Crippen LogP) is 1.33. The summed E-state index contributed by atoms with van der Waals surface area (Å²) in [4.78, 5) is 7.89. The summed E-state index contributed by atoms with van der Waals surface area (Å²) in [6.45, 7) is 2.57. The average molecular weight is 246 g/mol. The number of nitrogens with zero attached hydrogens (tertiary/aromatic N) is 2. The average Bonchev–Trinajstić information content (AvgIpc) is 2.26. The van der Waals surface area contributed by atoms with Crippen molar-refractivity contribution in [3.8, 4) is 0 Å². The molecule has 90 valence electrons. The first kappa shape index (κ1) is 13.2. The van der Waals surface area contributed by atoms with Crippen molar-refractivity contribution in [3.63, 3.8) is 0 Å². The van der Waals surface area contributed by atoms with Crippen molar-refractivity contribution >= 4 is 17.4 Å². The van der Waals surface area contributed by atoms with E-state index in [1.165, 1.54) is 12.4 Å². The van der Waals surface area contributed by atoms with Crippen LogP contribution in [0, 0.1) is 0 Å². The zero-order valence-electron chi connectivity index (χ0n) is 9.40. The van der Waals surface area contributed by atoms with Crippen LogP contribution in [-0.2, 0) is 4.74 Å². The Hall–Kier alpha value is -0.910. The molecule has 1 unspecified atom stereocenters. The van der Waals surface area contributed by atoms with E-state index in [0.29, 0.717) is 30.5 Å². The third-order valence-electron chi connectivity index (χ3n) is 2.14. The van der Waals surface area contributed by atoms with E-state index in [1.807, 2.05) is 0 Å². The Morgan fingerprint density at radius 3 is 2.81 bits per heavy atom. The van der Waals surface area contributed by atoms with Crippen LogP contribution in [0.15, 0.2) is 12.4 Å². The van der Waals surface area contributed by atoms with E-state index in [4.69, 9.17) is 16.3 Å². The molecule has 0 bridgehead atoms. The topological polar surface area (TPSA) is 67.3 Å². The first-order chi connectivity index (χ1) is 7.55. The van der Waals surface area contributed by atoms with Crippen LogP contribution in [0.4, 0.5) is 5.82 Å². The summed E-state index contributed by atoms with van der Waals surface area (Å²) < 4.78 is 4.91. The highest BCUT2D eigenvalue weighted by Crippen LogP contribution is 2.16. The van der Waals surface area contributed by atoms with Gasteiger partial charge < -0.3 is 15.2 Å². The smallest absolute Gasteiger partial charge is 0.171 e. The van der Waals surface area contributed by atoms with Gasteiger partial charge in [0, 0.05) is 39.1 Å². The van der Waals surface area contributed by atoms with Crippen molar-refractivity contribution in [1.82, 2.24) is 9.97 Å². The van der Waals surface area contributed by atoms with Crippen LogP contribution in [0.5, 0.6) is 0 Å². The zero-order chi connectivity index (χ0) is 12.0. The largest absolute Gasteiger partial charge is 0.388 e. The van der Waals surface area contributed by atoms with Crippen molar-refractivity contribution in [3.05, 3.63) is 17.5 Å². The first-order valence-electron chi connectivity index (χ1n) is 4.97. The fourth-order valence-corrected chi connectivity index (χ4v) is 1.30. The molecule has 0 radical (unpaired) electrons. The van der Waals surface area contributed by atoms with Gasteiger partial charge in [0.2, 0.25) is 0 Å². The van der Waals surface area contributed by atoms with Crippen LogP contribution in [0.25, 0.3) is 0 Å². The first-order valence-corrected chi connectivity index (χ1v) is 5.35. The molecule has 0 saturated carbocycles. The van der Waals surface area contributed by atoms with Crippen LogP contribution in [0.2, 0.25) is 5.15 Å². The molecule has 1 aromatic rings. The molecule has 0 aliphatic heterocycles. The van der Waals surface area contributed by atoms with Crippen LogP contribution < -0.4 is 5.32 Å². The number of anilines is 1. The second kappa shape index (κ2) is 5.98. The maximum absolute atomic E-state index is 9.96. The quantitative estimate of drug-likeness (QED) is 0.792. The second-order valence-electron chi connectivity index (χ2n) is 3.79. The van der Waals surface area contributed by atoms with Gasteiger partial charge >= 0.3 is 0 Å². The number of ether oxygens (including phenoxy) is 1. The Labute approximate surface area is 99.8 Å². The van der Waals surface area contributed by atoms with Gasteiger partial charge in [-0.15, -0.1) is 0 Å². The minimum atomic E-state index is -0.864. The van der Waals surface area contributed by atoms with E-state index in [0.717, 1.165) is 0 Å². The van der Waals surface area contributed by atoms with Gasteiger partial charge in [0.25, 0.3) is 0 Å². The van der Waals surface area contributed by atoms with E-state index in [9.17, 15) is 5.11 Å². The Morgan fingerprint density at radius 2 is 2.19 bits per heavy atom. The van der Waals surface area contributed by atoms with Crippen molar-refractivity contribution in [2.75, 3.05) is 25.6 Å². The van der Waals surface area contributed by atoms with Crippen LogP contribution >= 0.6 is 11.6 Å². The molecule has 2 N–H and O–H groups in total. The molecule has 0 aliphatic carbocycles. The molecule has 0 aromatic carbocycles. The molecule has 0 spiro atoms. The van der Waals surface area contributed by atoms with Gasteiger partial charge in [0.15, 0.2) is 11.0 Å². The van der Waals surface area contributed by atoms with Gasteiger partial charge in [-0.1, -0.05) is 11.6 Å². The van der Waals surface area contributed by atoms with E-state index >= 15 is 0 Å². The lowest BCUT2D eigenvalue weighted by atomic mass is 10.0. The number of methoxy groups -OCH3 is 1. The van der Waals surface area contributed by atoms with E-state index in [2.05, 4.69) is 15.3 Å². The van der Waals surface area contributed by atoms with E-state index in [-0.39, 0.29) is 0 Å². The summed E-state index contributed by atoms with van der Waals surface area (Å²) in [7, 11) is 1.60. The monoisotopic (exact) mass is 245 g/mol. The highest BCUT2D eigenvalue weighted by atomic mass is 35.5. The second-order valence-corrected chi connectivity index (χ2v) is 4.15. The van der Waals surface area contributed by atoms with Crippen LogP contribution in [-0.4, -0.2) is 40.9 Å². The number of aliphatic hydroxyl groups is 1. The van der Waals surface area contributed by atoms with Crippen molar-refractivity contribution in [1.29, 1.82) is 0 Å². The van der Waals surface area contributed by atoms with Crippen molar-refractivity contribution in [2.45, 2.75) is 18.9 Å². The number of rotatable bonds is 6. The number of hydrogen-bond acceptors (Lipinski definition) is 5. The lowest BCUT2D eigenvalue weighted by Crippen LogP contribution is -2.35. The van der Waals surface area contributed by atoms with Gasteiger partial charge in [-0.25, -0.2) is 9.97 Å². The van der Waals surface area contributed by atoms with Crippen LogP contribution in [0.1, 0.15) is 13.3 Å². The maximum atomic E-state index is 9.96. The van der Waals surface area contributed by atoms with Crippen molar-refractivity contribution < 1.29 is 9.84 Å². The summed E-state index contributed by atoms with van der Waals surface area (Å²) in [5.74, 6) is 0.474. The number of nitrogens with one attached hydrogen (secondary N) is 1. The molecule has 1 atom stereocenters. The van der Waals surface area contributed by atoms with Crippen LogP contribution in [0.3, 0.4) is 0 Å². The zero-order valence-corrected chi connectivity index (χ0v) is 10.2. The van der Waals surface area contributed by atoms with Crippen molar-refractivity contribution in [2.24, 2.45) is 0 Å². The molecule has 0 saturated heterocycles. The third-order valence-corrected chi connectivity index (χ3v) is 2.41. The fraction of sp³-hybridized carbons (Fsp3) is 0.600. The predicted molar refractivity (Wildman–Crippen MR) is 62.6 cm³/mol. The SMILES string of the molecule is COCCC(C)(O)CNc1nccnc1Cl. The molecule has 0 fully saturated rings. The maximum Gasteiger partial charge on any atom is 0.171 e. The molecular weight excluding hydrogens is 230 g/mol.